The SMILES string of the molecule is CCCCC(Nc1ccc(COC)cc1)C(=O)O. The maximum atomic E-state index is 11.1. The van der Waals surface area contributed by atoms with Crippen LogP contribution < -0.4 is 5.32 Å². The number of carbonyl (C=O) groups is 1. The zero-order valence-corrected chi connectivity index (χ0v) is 11.0. The summed E-state index contributed by atoms with van der Waals surface area (Å²) in [5, 5.41) is 12.2. The van der Waals surface area contributed by atoms with E-state index in [9.17, 15) is 4.79 Å². The molecule has 0 aliphatic heterocycles. The maximum absolute atomic E-state index is 11.1. The number of ether oxygens (including phenoxy) is 1. The number of methoxy groups -OCH3 is 1. The first-order valence-electron chi connectivity index (χ1n) is 6.24. The zero-order valence-electron chi connectivity index (χ0n) is 11.0. The molecule has 0 aromatic heterocycles. The average Bonchev–Trinajstić information content (AvgIpc) is 2.36. The summed E-state index contributed by atoms with van der Waals surface area (Å²) in [4.78, 5) is 11.1. The lowest BCUT2D eigenvalue weighted by Crippen LogP contribution is -2.29. The first kappa shape index (κ1) is 14.5. The number of unbranched alkanes of at least 4 members (excludes halogenated alkanes) is 1. The summed E-state index contributed by atoms with van der Waals surface area (Å²) in [6, 6.07) is 7.12. The average molecular weight is 251 g/mol. The number of benzene rings is 1. The number of carboxylic acid groups (broad SMARTS) is 1. The minimum atomic E-state index is -0.801. The number of carboxylic acids is 1. The Labute approximate surface area is 108 Å². The highest BCUT2D eigenvalue weighted by Crippen LogP contribution is 2.14. The Bertz CT molecular complexity index is 362. The summed E-state index contributed by atoms with van der Waals surface area (Å²) in [5.74, 6) is -0.801. The van der Waals surface area contributed by atoms with E-state index in [-0.39, 0.29) is 0 Å². The monoisotopic (exact) mass is 251 g/mol. The Morgan fingerprint density at radius 1 is 1.39 bits per heavy atom. The Hall–Kier alpha value is -1.55. The fraction of sp³-hybridized carbons (Fsp3) is 0.500. The second-order valence-corrected chi connectivity index (χ2v) is 4.31. The summed E-state index contributed by atoms with van der Waals surface area (Å²) < 4.78 is 5.03. The molecule has 1 atom stereocenters. The molecule has 4 heteroatoms. The molecule has 1 rings (SSSR count). The Kier molecular flexibility index (Phi) is 6.22. The third-order valence-corrected chi connectivity index (χ3v) is 2.75. The molecule has 1 aromatic rings. The van der Waals surface area contributed by atoms with Gasteiger partial charge in [-0.3, -0.25) is 0 Å². The quantitative estimate of drug-likeness (QED) is 0.746. The van der Waals surface area contributed by atoms with Gasteiger partial charge in [0.25, 0.3) is 0 Å². The molecule has 0 saturated heterocycles. The molecule has 0 fully saturated rings. The van der Waals surface area contributed by atoms with Crippen molar-refractivity contribution in [3.8, 4) is 0 Å². The van der Waals surface area contributed by atoms with Crippen molar-refractivity contribution in [3.63, 3.8) is 0 Å². The van der Waals surface area contributed by atoms with Gasteiger partial charge in [0.05, 0.1) is 6.61 Å². The normalized spacial score (nSPS) is 12.1. The molecule has 0 saturated carbocycles. The first-order chi connectivity index (χ1) is 8.67. The highest BCUT2D eigenvalue weighted by molar-refractivity contribution is 5.77. The number of aliphatic carboxylic acids is 1. The summed E-state index contributed by atoms with van der Waals surface area (Å²) in [7, 11) is 1.65. The van der Waals surface area contributed by atoms with Gasteiger partial charge in [-0.25, -0.2) is 4.79 Å². The molecule has 100 valence electrons. The van der Waals surface area contributed by atoms with E-state index in [1.165, 1.54) is 0 Å². The van der Waals surface area contributed by atoms with Crippen LogP contribution in [0.3, 0.4) is 0 Å². The summed E-state index contributed by atoms with van der Waals surface area (Å²) in [5.41, 5.74) is 1.90. The predicted octanol–water partition coefficient (Wildman–Crippen LogP) is 2.89. The smallest absolute Gasteiger partial charge is 0.326 e. The number of hydrogen-bond donors (Lipinski definition) is 2. The molecule has 0 amide bonds. The van der Waals surface area contributed by atoms with Crippen molar-refractivity contribution >= 4 is 11.7 Å². The van der Waals surface area contributed by atoms with E-state index in [4.69, 9.17) is 9.84 Å². The molecule has 2 N–H and O–H groups in total. The van der Waals surface area contributed by atoms with Gasteiger partial charge >= 0.3 is 5.97 Å². The standard InChI is InChI=1S/C14H21NO3/c1-3-4-5-13(14(16)17)15-12-8-6-11(7-9-12)10-18-2/h6-9,13,15H,3-5,10H2,1-2H3,(H,16,17). The van der Waals surface area contributed by atoms with Crippen LogP contribution >= 0.6 is 0 Å². The van der Waals surface area contributed by atoms with Crippen molar-refractivity contribution in [3.05, 3.63) is 29.8 Å². The lowest BCUT2D eigenvalue weighted by molar-refractivity contribution is -0.138. The molecule has 0 bridgehead atoms. The van der Waals surface area contributed by atoms with Crippen molar-refractivity contribution in [1.29, 1.82) is 0 Å². The largest absolute Gasteiger partial charge is 0.480 e. The van der Waals surface area contributed by atoms with Gasteiger partial charge in [0.2, 0.25) is 0 Å². The lowest BCUT2D eigenvalue weighted by atomic mass is 10.1. The summed E-state index contributed by atoms with van der Waals surface area (Å²) >= 11 is 0. The molecule has 0 aliphatic carbocycles. The minimum Gasteiger partial charge on any atom is -0.480 e. The number of nitrogens with one attached hydrogen (secondary N) is 1. The van der Waals surface area contributed by atoms with Crippen molar-refractivity contribution < 1.29 is 14.6 Å². The summed E-state index contributed by atoms with van der Waals surface area (Å²) in [6.07, 6.45) is 2.55. The molecular formula is C14H21NO3. The van der Waals surface area contributed by atoms with Crippen LogP contribution in [0.1, 0.15) is 31.7 Å². The van der Waals surface area contributed by atoms with E-state index in [0.29, 0.717) is 13.0 Å². The lowest BCUT2D eigenvalue weighted by Gasteiger charge is -2.15. The van der Waals surface area contributed by atoms with Gasteiger partial charge < -0.3 is 15.2 Å². The fourth-order valence-corrected chi connectivity index (χ4v) is 1.73. The molecule has 0 heterocycles. The van der Waals surface area contributed by atoms with Crippen LogP contribution in [-0.4, -0.2) is 24.2 Å². The van der Waals surface area contributed by atoms with E-state index in [0.717, 1.165) is 24.1 Å². The minimum absolute atomic E-state index is 0.516. The van der Waals surface area contributed by atoms with Crippen LogP contribution in [0.15, 0.2) is 24.3 Å². The van der Waals surface area contributed by atoms with Crippen LogP contribution in [0.5, 0.6) is 0 Å². The van der Waals surface area contributed by atoms with Crippen molar-refractivity contribution in [2.45, 2.75) is 38.8 Å². The van der Waals surface area contributed by atoms with Crippen molar-refractivity contribution in [2.24, 2.45) is 0 Å². The fourth-order valence-electron chi connectivity index (χ4n) is 1.73. The van der Waals surface area contributed by atoms with Crippen LogP contribution in [0.25, 0.3) is 0 Å². The van der Waals surface area contributed by atoms with Gasteiger partial charge in [-0.15, -0.1) is 0 Å². The second-order valence-electron chi connectivity index (χ2n) is 4.31. The van der Waals surface area contributed by atoms with Gasteiger partial charge in [-0.2, -0.15) is 0 Å². The first-order valence-corrected chi connectivity index (χ1v) is 6.24. The summed E-state index contributed by atoms with van der Waals surface area (Å²) in [6.45, 7) is 2.62. The molecular weight excluding hydrogens is 230 g/mol. The van der Waals surface area contributed by atoms with Gasteiger partial charge in [-0.1, -0.05) is 31.9 Å². The highest BCUT2D eigenvalue weighted by Gasteiger charge is 2.15. The van der Waals surface area contributed by atoms with Gasteiger partial charge in [0.15, 0.2) is 0 Å². The van der Waals surface area contributed by atoms with Crippen LogP contribution in [0.4, 0.5) is 5.69 Å². The Morgan fingerprint density at radius 2 is 2.06 bits per heavy atom. The van der Waals surface area contributed by atoms with Crippen LogP contribution in [0.2, 0.25) is 0 Å². The topological polar surface area (TPSA) is 58.6 Å². The van der Waals surface area contributed by atoms with E-state index in [2.05, 4.69) is 12.2 Å². The number of anilines is 1. The molecule has 1 aromatic carbocycles. The zero-order chi connectivity index (χ0) is 13.4. The maximum Gasteiger partial charge on any atom is 0.326 e. The van der Waals surface area contributed by atoms with Crippen LogP contribution in [0, 0.1) is 0 Å². The third-order valence-electron chi connectivity index (χ3n) is 2.75. The van der Waals surface area contributed by atoms with E-state index < -0.39 is 12.0 Å². The predicted molar refractivity (Wildman–Crippen MR) is 71.7 cm³/mol. The second kappa shape index (κ2) is 7.71. The molecule has 1 unspecified atom stereocenters. The Balaban J connectivity index is 2.60. The van der Waals surface area contributed by atoms with Gasteiger partial charge in [-0.05, 0) is 24.1 Å². The number of rotatable bonds is 8. The molecule has 0 spiro atoms. The van der Waals surface area contributed by atoms with Crippen LogP contribution in [-0.2, 0) is 16.1 Å². The van der Waals surface area contributed by atoms with E-state index in [1.54, 1.807) is 7.11 Å². The number of hydrogen-bond acceptors (Lipinski definition) is 3. The van der Waals surface area contributed by atoms with E-state index >= 15 is 0 Å². The van der Waals surface area contributed by atoms with Crippen molar-refractivity contribution in [1.82, 2.24) is 0 Å². The third kappa shape index (κ3) is 4.75. The van der Waals surface area contributed by atoms with Gasteiger partial charge in [0.1, 0.15) is 6.04 Å². The van der Waals surface area contributed by atoms with Gasteiger partial charge in [0, 0.05) is 12.8 Å². The molecule has 0 aliphatic rings. The molecule has 0 radical (unpaired) electrons. The van der Waals surface area contributed by atoms with Crippen molar-refractivity contribution in [2.75, 3.05) is 12.4 Å². The van der Waals surface area contributed by atoms with E-state index in [1.807, 2.05) is 24.3 Å². The molecule has 18 heavy (non-hydrogen) atoms. The molecule has 4 nitrogen and oxygen atoms in total. The Morgan fingerprint density at radius 3 is 2.56 bits per heavy atom. The highest BCUT2D eigenvalue weighted by atomic mass is 16.5.